The van der Waals surface area contributed by atoms with Crippen LogP contribution in [0.2, 0.25) is 0 Å². The number of furan rings is 1. The summed E-state index contributed by atoms with van der Waals surface area (Å²) in [5.74, 6) is -3.70. The number of piperidine rings is 1. The molecule has 2 aromatic carbocycles. The quantitative estimate of drug-likeness (QED) is 0.281. The fourth-order valence-corrected chi connectivity index (χ4v) is 4.79. The molecule has 2 heterocycles. The third-order valence-corrected chi connectivity index (χ3v) is 6.82. The maximum Gasteiger partial charge on any atom is 0.290 e. The Bertz CT molecular complexity index is 1390. The summed E-state index contributed by atoms with van der Waals surface area (Å²) in [6, 6.07) is 15.5. The number of carbonyl (C=O) groups is 5. The minimum Gasteiger partial charge on any atom is -0.451 e. The Labute approximate surface area is 238 Å². The van der Waals surface area contributed by atoms with Crippen LogP contribution in [-0.4, -0.2) is 53.6 Å². The van der Waals surface area contributed by atoms with E-state index in [4.69, 9.17) is 4.42 Å². The maximum atomic E-state index is 13.7. The Morgan fingerprint density at radius 1 is 0.976 bits per heavy atom. The van der Waals surface area contributed by atoms with Crippen molar-refractivity contribution in [1.82, 2.24) is 21.3 Å². The Morgan fingerprint density at radius 3 is 2.37 bits per heavy atom. The van der Waals surface area contributed by atoms with Gasteiger partial charge in [-0.3, -0.25) is 24.0 Å². The van der Waals surface area contributed by atoms with Crippen LogP contribution in [-0.2, 0) is 25.6 Å². The van der Waals surface area contributed by atoms with Crippen molar-refractivity contribution in [2.75, 3.05) is 6.54 Å². The Kier molecular flexibility index (Phi) is 9.21. The molecule has 4 rings (SSSR count). The van der Waals surface area contributed by atoms with E-state index in [-0.39, 0.29) is 24.5 Å². The molecule has 216 valence electrons. The summed E-state index contributed by atoms with van der Waals surface area (Å²) in [6.45, 7) is 5.76. The molecule has 3 aromatic rings. The van der Waals surface area contributed by atoms with Gasteiger partial charge in [-0.15, -0.1) is 0 Å². The van der Waals surface area contributed by atoms with Gasteiger partial charge in [-0.1, -0.05) is 48.5 Å². The molecule has 0 saturated carbocycles. The fourth-order valence-electron chi connectivity index (χ4n) is 4.79. The minimum absolute atomic E-state index is 0.0353. The largest absolute Gasteiger partial charge is 0.451 e. The Morgan fingerprint density at radius 2 is 1.68 bits per heavy atom. The number of carbonyl (C=O) groups excluding carboxylic acids is 5. The van der Waals surface area contributed by atoms with E-state index >= 15 is 0 Å². The van der Waals surface area contributed by atoms with Crippen molar-refractivity contribution in [2.24, 2.45) is 5.92 Å². The van der Waals surface area contributed by atoms with Crippen molar-refractivity contribution in [3.8, 4) is 0 Å². The molecule has 41 heavy (non-hydrogen) atoms. The molecular weight excluding hydrogens is 524 g/mol. The number of ketones is 1. The first-order chi connectivity index (χ1) is 19.5. The van der Waals surface area contributed by atoms with Gasteiger partial charge < -0.3 is 25.7 Å². The van der Waals surface area contributed by atoms with Gasteiger partial charge in [-0.2, -0.15) is 0 Å². The first-order valence-corrected chi connectivity index (χ1v) is 13.8. The molecule has 1 aliphatic rings. The van der Waals surface area contributed by atoms with Crippen LogP contribution in [0.25, 0.3) is 11.0 Å². The summed E-state index contributed by atoms with van der Waals surface area (Å²) < 4.78 is 5.67. The number of hydrogen-bond donors (Lipinski definition) is 4. The molecule has 1 unspecified atom stereocenters. The third kappa shape index (κ3) is 8.03. The smallest absolute Gasteiger partial charge is 0.290 e. The highest BCUT2D eigenvalue weighted by molar-refractivity contribution is 6.38. The van der Waals surface area contributed by atoms with Gasteiger partial charge in [0.15, 0.2) is 5.76 Å². The summed E-state index contributed by atoms with van der Waals surface area (Å²) in [4.78, 5) is 65.5. The lowest BCUT2D eigenvalue weighted by molar-refractivity contribution is -0.142. The number of amides is 4. The van der Waals surface area contributed by atoms with Crippen LogP contribution >= 0.6 is 0 Å². The minimum atomic E-state index is -1.26. The molecule has 0 bridgehead atoms. The predicted molar refractivity (Wildman–Crippen MR) is 153 cm³/mol. The van der Waals surface area contributed by atoms with Crippen LogP contribution in [0.15, 0.2) is 65.1 Å². The molecule has 1 fully saturated rings. The molecule has 4 N–H and O–H groups in total. The number of para-hydroxylation sites is 1. The standard InChI is InChI=1S/C31H36N4O6/c1-31(2,3)35-30(40)26(36)22(17-21-13-9-15-32-27(21)37)33-28(38)23(16-19-10-5-4-6-11-19)34-29(39)25-18-20-12-7-8-14-24(20)41-25/h4-8,10-12,14,18,21-23H,9,13,15-17H2,1-3H3,(H,32,37)(H,33,38)(H,34,39)(H,35,40)/t21-,22?,23-/m0/s1. The molecule has 0 aliphatic carbocycles. The number of benzene rings is 2. The van der Waals surface area contributed by atoms with E-state index in [2.05, 4.69) is 21.3 Å². The molecule has 10 heteroatoms. The average molecular weight is 561 g/mol. The molecular formula is C31H36N4O6. The zero-order chi connectivity index (χ0) is 29.6. The summed E-state index contributed by atoms with van der Waals surface area (Å²) in [6.07, 6.45) is 1.34. The van der Waals surface area contributed by atoms with Gasteiger partial charge in [-0.05, 0) is 57.7 Å². The van der Waals surface area contributed by atoms with Crippen molar-refractivity contribution in [2.45, 2.75) is 64.1 Å². The topological polar surface area (TPSA) is 147 Å². The van der Waals surface area contributed by atoms with Crippen molar-refractivity contribution in [1.29, 1.82) is 0 Å². The lowest BCUT2D eigenvalue weighted by Gasteiger charge is -2.28. The van der Waals surface area contributed by atoms with Crippen LogP contribution in [0.5, 0.6) is 0 Å². The zero-order valence-corrected chi connectivity index (χ0v) is 23.5. The molecule has 10 nitrogen and oxygen atoms in total. The Balaban J connectivity index is 1.57. The fraction of sp³-hybridized carbons (Fsp3) is 0.387. The average Bonchev–Trinajstić information content (AvgIpc) is 3.37. The van der Waals surface area contributed by atoms with Crippen molar-refractivity contribution >= 4 is 40.4 Å². The summed E-state index contributed by atoms with van der Waals surface area (Å²) >= 11 is 0. The third-order valence-electron chi connectivity index (χ3n) is 6.82. The lowest BCUT2D eigenvalue weighted by Crippen LogP contribution is -2.57. The normalized spacial score (nSPS) is 16.8. The van der Waals surface area contributed by atoms with E-state index in [0.29, 0.717) is 18.5 Å². The van der Waals surface area contributed by atoms with Gasteiger partial charge in [0.2, 0.25) is 17.6 Å². The zero-order valence-electron chi connectivity index (χ0n) is 23.5. The molecule has 1 aliphatic heterocycles. The van der Waals surface area contributed by atoms with Gasteiger partial charge in [0, 0.05) is 29.8 Å². The van der Waals surface area contributed by atoms with Gasteiger partial charge in [-0.25, -0.2) is 0 Å². The van der Waals surface area contributed by atoms with Crippen LogP contribution in [0.4, 0.5) is 0 Å². The van der Waals surface area contributed by atoms with E-state index in [0.717, 1.165) is 17.4 Å². The van der Waals surface area contributed by atoms with E-state index < -0.39 is 47.0 Å². The molecule has 3 atom stereocenters. The lowest BCUT2D eigenvalue weighted by atomic mass is 9.89. The van der Waals surface area contributed by atoms with E-state index in [9.17, 15) is 24.0 Å². The number of rotatable bonds is 10. The second-order valence-electron chi connectivity index (χ2n) is 11.4. The monoisotopic (exact) mass is 560 g/mol. The highest BCUT2D eigenvalue weighted by Gasteiger charge is 2.36. The van der Waals surface area contributed by atoms with E-state index in [1.54, 1.807) is 39.0 Å². The van der Waals surface area contributed by atoms with Crippen LogP contribution < -0.4 is 21.3 Å². The SMILES string of the molecule is CC(C)(C)NC(=O)C(=O)C(C[C@@H]1CCCNC1=O)NC(=O)[C@H](Cc1ccccc1)NC(=O)c1cc2ccccc2o1. The highest BCUT2D eigenvalue weighted by Crippen LogP contribution is 2.20. The van der Waals surface area contributed by atoms with Crippen molar-refractivity contribution in [3.05, 3.63) is 72.0 Å². The number of fused-ring (bicyclic) bond motifs is 1. The summed E-state index contributed by atoms with van der Waals surface area (Å²) in [7, 11) is 0. The molecule has 1 aromatic heterocycles. The second-order valence-corrected chi connectivity index (χ2v) is 11.4. The maximum absolute atomic E-state index is 13.7. The van der Waals surface area contributed by atoms with Crippen LogP contribution in [0.3, 0.4) is 0 Å². The number of Topliss-reactive ketones (excluding diaryl/α,β-unsaturated/α-hetero) is 1. The number of hydrogen-bond acceptors (Lipinski definition) is 6. The predicted octanol–water partition coefficient (Wildman–Crippen LogP) is 2.66. The highest BCUT2D eigenvalue weighted by atomic mass is 16.3. The van der Waals surface area contributed by atoms with E-state index in [1.165, 1.54) is 0 Å². The van der Waals surface area contributed by atoms with Gasteiger partial charge in [0.1, 0.15) is 11.6 Å². The first-order valence-electron chi connectivity index (χ1n) is 13.8. The molecule has 1 saturated heterocycles. The van der Waals surface area contributed by atoms with E-state index in [1.807, 2.05) is 42.5 Å². The Hall–Kier alpha value is -4.47. The van der Waals surface area contributed by atoms with Gasteiger partial charge >= 0.3 is 0 Å². The number of nitrogens with one attached hydrogen (secondary N) is 4. The molecule has 4 amide bonds. The van der Waals surface area contributed by atoms with Gasteiger partial charge in [0.25, 0.3) is 11.8 Å². The van der Waals surface area contributed by atoms with Crippen molar-refractivity contribution < 1.29 is 28.4 Å². The molecule has 0 spiro atoms. The van der Waals surface area contributed by atoms with Crippen LogP contribution in [0.1, 0.15) is 56.2 Å². The van der Waals surface area contributed by atoms with Crippen LogP contribution in [0, 0.1) is 5.92 Å². The summed E-state index contributed by atoms with van der Waals surface area (Å²) in [5, 5.41) is 11.6. The van der Waals surface area contributed by atoms with Crippen molar-refractivity contribution in [3.63, 3.8) is 0 Å². The summed E-state index contributed by atoms with van der Waals surface area (Å²) in [5.41, 5.74) is 0.625. The first kappa shape index (κ1) is 29.5. The van der Waals surface area contributed by atoms with Gasteiger partial charge in [0.05, 0.1) is 6.04 Å². The second kappa shape index (κ2) is 12.8. The molecule has 0 radical (unpaired) electrons.